The van der Waals surface area contributed by atoms with Gasteiger partial charge in [-0.3, -0.25) is 0 Å². The SMILES string of the molecule is Cc1ccc2c(c1)C(C)(C)c1cc(N(c3ccc(C(C)(C)C)cc3)c3ccc4c(c3)C(C)(C)c3ccccc3-4)ccc1-2. The first-order valence-corrected chi connectivity index (χ1v) is 15.3. The van der Waals surface area contributed by atoms with Gasteiger partial charge in [0.1, 0.15) is 0 Å². The predicted octanol–water partition coefficient (Wildman–Crippen LogP) is 11.4. The third-order valence-electron chi connectivity index (χ3n) is 9.89. The number of rotatable bonds is 3. The van der Waals surface area contributed by atoms with Crippen LogP contribution < -0.4 is 4.90 Å². The maximum absolute atomic E-state index is 2.45. The Morgan fingerprint density at radius 3 is 1.50 bits per heavy atom. The molecular formula is C41H41N. The second kappa shape index (κ2) is 8.95. The Bertz CT molecular complexity index is 1860. The number of nitrogens with zero attached hydrogens (tertiary/aromatic N) is 1. The van der Waals surface area contributed by atoms with Crippen molar-refractivity contribution in [1.29, 1.82) is 0 Å². The molecule has 2 aliphatic rings. The molecule has 0 aromatic heterocycles. The molecule has 5 aromatic carbocycles. The molecule has 1 heteroatoms. The van der Waals surface area contributed by atoms with Gasteiger partial charge in [-0.25, -0.2) is 0 Å². The van der Waals surface area contributed by atoms with Crippen LogP contribution in [-0.2, 0) is 16.2 Å². The summed E-state index contributed by atoms with van der Waals surface area (Å²) in [6.45, 7) is 18.5. The first-order chi connectivity index (χ1) is 19.9. The second-order valence-corrected chi connectivity index (χ2v) is 14.4. The summed E-state index contributed by atoms with van der Waals surface area (Å²) in [5, 5.41) is 0. The van der Waals surface area contributed by atoms with Crippen LogP contribution in [0.4, 0.5) is 17.1 Å². The van der Waals surface area contributed by atoms with Crippen LogP contribution >= 0.6 is 0 Å². The van der Waals surface area contributed by atoms with Gasteiger partial charge >= 0.3 is 0 Å². The molecule has 210 valence electrons. The lowest BCUT2D eigenvalue weighted by atomic mass is 9.81. The molecule has 0 fully saturated rings. The van der Waals surface area contributed by atoms with Gasteiger partial charge in [-0.1, -0.05) is 121 Å². The molecular weight excluding hydrogens is 506 g/mol. The van der Waals surface area contributed by atoms with E-state index in [1.165, 1.54) is 72.7 Å². The van der Waals surface area contributed by atoms with Crippen molar-refractivity contribution in [3.8, 4) is 22.3 Å². The van der Waals surface area contributed by atoms with Gasteiger partial charge in [0, 0.05) is 27.9 Å². The molecule has 0 heterocycles. The fourth-order valence-corrected chi connectivity index (χ4v) is 7.37. The van der Waals surface area contributed by atoms with Crippen LogP contribution in [0.25, 0.3) is 22.3 Å². The summed E-state index contributed by atoms with van der Waals surface area (Å²) in [6, 6.07) is 39.2. The van der Waals surface area contributed by atoms with Gasteiger partial charge in [-0.15, -0.1) is 0 Å². The Morgan fingerprint density at radius 1 is 0.476 bits per heavy atom. The summed E-state index contributed by atoms with van der Waals surface area (Å²) in [4.78, 5) is 2.45. The number of hydrogen-bond acceptors (Lipinski definition) is 1. The largest absolute Gasteiger partial charge is 0.310 e. The average molecular weight is 548 g/mol. The van der Waals surface area contributed by atoms with E-state index in [1.54, 1.807) is 0 Å². The van der Waals surface area contributed by atoms with Gasteiger partial charge in [0.05, 0.1) is 0 Å². The Hall–Kier alpha value is -4.10. The summed E-state index contributed by atoms with van der Waals surface area (Å²) in [7, 11) is 0. The molecule has 0 bridgehead atoms. The van der Waals surface area contributed by atoms with Crippen molar-refractivity contribution < 1.29 is 0 Å². The highest BCUT2D eigenvalue weighted by Gasteiger charge is 2.37. The highest BCUT2D eigenvalue weighted by molar-refractivity contribution is 5.88. The van der Waals surface area contributed by atoms with Crippen molar-refractivity contribution in [1.82, 2.24) is 0 Å². The number of hydrogen-bond donors (Lipinski definition) is 0. The fourth-order valence-electron chi connectivity index (χ4n) is 7.37. The van der Waals surface area contributed by atoms with Crippen LogP contribution in [0.5, 0.6) is 0 Å². The zero-order valence-corrected chi connectivity index (χ0v) is 26.3. The maximum Gasteiger partial charge on any atom is 0.0465 e. The number of fused-ring (bicyclic) bond motifs is 6. The van der Waals surface area contributed by atoms with E-state index in [-0.39, 0.29) is 16.2 Å². The van der Waals surface area contributed by atoms with Gasteiger partial charge < -0.3 is 4.90 Å². The van der Waals surface area contributed by atoms with Gasteiger partial charge in [0.25, 0.3) is 0 Å². The highest BCUT2D eigenvalue weighted by atomic mass is 15.1. The summed E-state index contributed by atoms with van der Waals surface area (Å²) < 4.78 is 0. The first kappa shape index (κ1) is 26.8. The Labute approximate surface area is 251 Å². The summed E-state index contributed by atoms with van der Waals surface area (Å²) in [5.41, 5.74) is 17.3. The first-order valence-electron chi connectivity index (χ1n) is 15.3. The van der Waals surface area contributed by atoms with E-state index in [1.807, 2.05) is 0 Å². The molecule has 0 saturated carbocycles. The lowest BCUT2D eigenvalue weighted by molar-refractivity contribution is 0.590. The molecule has 0 radical (unpaired) electrons. The molecule has 0 N–H and O–H groups in total. The molecule has 0 spiro atoms. The van der Waals surface area contributed by atoms with E-state index >= 15 is 0 Å². The normalized spacial score (nSPS) is 15.5. The van der Waals surface area contributed by atoms with E-state index in [0.29, 0.717) is 0 Å². The minimum atomic E-state index is -0.0595. The lowest BCUT2D eigenvalue weighted by Crippen LogP contribution is -2.18. The van der Waals surface area contributed by atoms with Crippen LogP contribution in [0.1, 0.15) is 81.8 Å². The van der Waals surface area contributed by atoms with Gasteiger partial charge in [0.2, 0.25) is 0 Å². The molecule has 0 unspecified atom stereocenters. The van der Waals surface area contributed by atoms with Crippen molar-refractivity contribution in [2.75, 3.05) is 4.90 Å². The minimum absolute atomic E-state index is 0.0525. The van der Waals surface area contributed by atoms with Gasteiger partial charge in [0.15, 0.2) is 0 Å². The van der Waals surface area contributed by atoms with Gasteiger partial charge in [-0.05, 0) is 98.8 Å². The molecule has 7 rings (SSSR count). The molecule has 42 heavy (non-hydrogen) atoms. The van der Waals surface area contributed by atoms with E-state index < -0.39 is 0 Å². The molecule has 5 aromatic rings. The molecule has 0 aliphatic heterocycles. The Morgan fingerprint density at radius 2 is 0.929 bits per heavy atom. The Balaban J connectivity index is 1.41. The molecule has 0 amide bonds. The van der Waals surface area contributed by atoms with E-state index in [2.05, 4.69) is 163 Å². The van der Waals surface area contributed by atoms with Crippen LogP contribution in [0.2, 0.25) is 0 Å². The van der Waals surface area contributed by atoms with E-state index in [9.17, 15) is 0 Å². The smallest absolute Gasteiger partial charge is 0.0465 e. The molecule has 1 nitrogen and oxygen atoms in total. The fraction of sp³-hybridized carbons (Fsp3) is 0.268. The minimum Gasteiger partial charge on any atom is -0.310 e. The summed E-state index contributed by atoms with van der Waals surface area (Å²) in [5.74, 6) is 0. The van der Waals surface area contributed by atoms with Crippen molar-refractivity contribution in [2.24, 2.45) is 0 Å². The second-order valence-electron chi connectivity index (χ2n) is 14.4. The third-order valence-corrected chi connectivity index (χ3v) is 9.89. The Kier molecular flexibility index (Phi) is 5.71. The number of aryl methyl sites for hydroxylation is 1. The number of anilines is 3. The van der Waals surface area contributed by atoms with E-state index in [4.69, 9.17) is 0 Å². The highest BCUT2D eigenvalue weighted by Crippen LogP contribution is 2.53. The van der Waals surface area contributed by atoms with Crippen molar-refractivity contribution in [3.05, 3.63) is 137 Å². The van der Waals surface area contributed by atoms with Crippen LogP contribution in [0, 0.1) is 6.92 Å². The predicted molar refractivity (Wildman–Crippen MR) is 180 cm³/mol. The van der Waals surface area contributed by atoms with Gasteiger partial charge in [-0.2, -0.15) is 0 Å². The zero-order chi connectivity index (χ0) is 29.6. The van der Waals surface area contributed by atoms with Crippen molar-refractivity contribution in [2.45, 2.75) is 71.6 Å². The zero-order valence-electron chi connectivity index (χ0n) is 26.3. The quantitative estimate of drug-likeness (QED) is 0.217. The maximum atomic E-state index is 2.45. The van der Waals surface area contributed by atoms with E-state index in [0.717, 1.165) is 0 Å². The summed E-state index contributed by atoms with van der Waals surface area (Å²) in [6.07, 6.45) is 0. The molecule has 0 saturated heterocycles. The average Bonchev–Trinajstić information content (AvgIpc) is 3.32. The van der Waals surface area contributed by atoms with Crippen LogP contribution in [0.3, 0.4) is 0 Å². The van der Waals surface area contributed by atoms with Crippen LogP contribution in [-0.4, -0.2) is 0 Å². The molecule has 0 atom stereocenters. The lowest BCUT2D eigenvalue weighted by Gasteiger charge is -2.30. The monoisotopic (exact) mass is 547 g/mol. The van der Waals surface area contributed by atoms with Crippen molar-refractivity contribution in [3.63, 3.8) is 0 Å². The topological polar surface area (TPSA) is 3.24 Å². The third kappa shape index (κ3) is 3.90. The van der Waals surface area contributed by atoms with Crippen molar-refractivity contribution >= 4 is 17.1 Å². The summed E-state index contributed by atoms with van der Waals surface area (Å²) >= 11 is 0. The number of benzene rings is 5. The molecule has 2 aliphatic carbocycles. The van der Waals surface area contributed by atoms with Crippen LogP contribution in [0.15, 0.2) is 103 Å². The standard InChI is InChI=1S/C41H41N/c1-26-13-20-32-34-22-19-30(25-38(34)41(7,8)36(32)23-26)42(28-16-14-27(15-17-28)39(2,3)4)29-18-21-33-31-11-9-10-12-35(31)40(5,6)37(33)24-29/h9-25H,1-8H3.